The van der Waals surface area contributed by atoms with Gasteiger partial charge >= 0.3 is 6.03 Å². The molecule has 0 radical (unpaired) electrons. The number of nitrogens with one attached hydrogen (secondary N) is 1. The minimum absolute atomic E-state index is 0.0893. The maximum absolute atomic E-state index is 12.7. The van der Waals surface area contributed by atoms with E-state index in [1.165, 1.54) is 16.9 Å². The average molecular weight is 415 g/mol. The smallest absolute Gasteiger partial charge is 0.323 e. The number of amides is 3. The van der Waals surface area contributed by atoms with Crippen LogP contribution in [0.3, 0.4) is 0 Å². The van der Waals surface area contributed by atoms with Gasteiger partial charge in [-0.15, -0.1) is 11.3 Å². The molecule has 2 aromatic rings. The molecule has 0 saturated carbocycles. The number of hydrogen-bond donors (Lipinski definition) is 1. The third kappa shape index (κ3) is 5.13. The Morgan fingerprint density at radius 3 is 2.76 bits per heavy atom. The van der Waals surface area contributed by atoms with Crippen LogP contribution in [0.1, 0.15) is 30.5 Å². The Morgan fingerprint density at radius 2 is 2.00 bits per heavy atom. The SMILES string of the molecule is O=C(Cc1csc(N2CCCNC2=O)n1)N1CCC(OCc2ccccc2)CC1. The number of hydrogen-bond acceptors (Lipinski definition) is 5. The second-order valence-electron chi connectivity index (χ2n) is 7.41. The molecule has 154 valence electrons. The molecular weight excluding hydrogens is 388 g/mol. The van der Waals surface area contributed by atoms with Crippen molar-refractivity contribution in [3.05, 3.63) is 47.0 Å². The Balaban J connectivity index is 1.23. The fraction of sp³-hybridized carbons (Fsp3) is 0.476. The fourth-order valence-electron chi connectivity index (χ4n) is 3.64. The van der Waals surface area contributed by atoms with E-state index < -0.39 is 0 Å². The van der Waals surface area contributed by atoms with Crippen molar-refractivity contribution in [3.63, 3.8) is 0 Å². The average Bonchev–Trinajstić information content (AvgIpc) is 3.22. The van der Waals surface area contributed by atoms with E-state index in [-0.39, 0.29) is 24.5 Å². The summed E-state index contributed by atoms with van der Waals surface area (Å²) in [6.07, 6.45) is 3.09. The molecule has 2 saturated heterocycles. The van der Waals surface area contributed by atoms with Gasteiger partial charge in [-0.25, -0.2) is 9.78 Å². The minimum atomic E-state index is -0.110. The molecule has 1 aromatic carbocycles. The third-order valence-corrected chi connectivity index (χ3v) is 6.22. The largest absolute Gasteiger partial charge is 0.373 e. The van der Waals surface area contributed by atoms with Crippen molar-refractivity contribution in [1.29, 1.82) is 0 Å². The van der Waals surface area contributed by atoms with Gasteiger partial charge in [-0.2, -0.15) is 0 Å². The Morgan fingerprint density at radius 1 is 1.21 bits per heavy atom. The van der Waals surface area contributed by atoms with Crippen LogP contribution in [0, 0.1) is 0 Å². The first kappa shape index (κ1) is 19.8. The zero-order chi connectivity index (χ0) is 20.1. The lowest BCUT2D eigenvalue weighted by molar-refractivity contribution is -0.133. The fourth-order valence-corrected chi connectivity index (χ4v) is 4.49. The molecular formula is C21H26N4O3S. The maximum atomic E-state index is 12.7. The number of nitrogens with zero attached hydrogens (tertiary/aromatic N) is 3. The number of thiazole rings is 1. The lowest BCUT2D eigenvalue weighted by Gasteiger charge is -2.32. The van der Waals surface area contributed by atoms with Gasteiger partial charge in [0.2, 0.25) is 5.91 Å². The van der Waals surface area contributed by atoms with Gasteiger partial charge < -0.3 is 15.0 Å². The van der Waals surface area contributed by atoms with Crippen molar-refractivity contribution >= 4 is 28.4 Å². The first-order valence-electron chi connectivity index (χ1n) is 10.1. The molecule has 8 heteroatoms. The van der Waals surface area contributed by atoms with Crippen molar-refractivity contribution in [1.82, 2.24) is 15.2 Å². The summed E-state index contributed by atoms with van der Waals surface area (Å²) in [6, 6.07) is 10.0. The van der Waals surface area contributed by atoms with E-state index in [1.807, 2.05) is 28.5 Å². The highest BCUT2D eigenvalue weighted by molar-refractivity contribution is 7.14. The van der Waals surface area contributed by atoms with Crippen LogP contribution in [0.15, 0.2) is 35.7 Å². The summed E-state index contributed by atoms with van der Waals surface area (Å²) in [5.41, 5.74) is 1.91. The molecule has 0 aliphatic carbocycles. The number of carbonyl (C=O) groups is 2. The van der Waals surface area contributed by atoms with E-state index in [2.05, 4.69) is 22.4 Å². The standard InChI is InChI=1S/C21H26N4O3S/c26-19(13-17-15-29-21(23-17)25-10-4-9-22-20(25)27)24-11-7-18(8-12-24)28-14-16-5-2-1-3-6-16/h1-3,5-6,15,18H,4,7-14H2,(H,22,27). The summed E-state index contributed by atoms with van der Waals surface area (Å²) >= 11 is 1.42. The first-order valence-corrected chi connectivity index (χ1v) is 11.0. The molecule has 0 bridgehead atoms. The third-order valence-electron chi connectivity index (χ3n) is 5.31. The quantitative estimate of drug-likeness (QED) is 0.789. The van der Waals surface area contributed by atoms with Gasteiger partial charge in [0.25, 0.3) is 0 Å². The summed E-state index contributed by atoms with van der Waals surface area (Å²) in [6.45, 7) is 3.42. The van der Waals surface area contributed by atoms with Crippen molar-refractivity contribution in [2.24, 2.45) is 0 Å². The van der Waals surface area contributed by atoms with Gasteiger partial charge in [0.15, 0.2) is 5.13 Å². The molecule has 2 fully saturated rings. The molecule has 0 atom stereocenters. The van der Waals surface area contributed by atoms with E-state index >= 15 is 0 Å². The predicted octanol–water partition coefficient (Wildman–Crippen LogP) is 2.81. The number of ether oxygens (including phenoxy) is 1. The van der Waals surface area contributed by atoms with Gasteiger partial charge in [-0.1, -0.05) is 30.3 Å². The highest BCUT2D eigenvalue weighted by atomic mass is 32.1. The van der Waals surface area contributed by atoms with Crippen molar-refractivity contribution in [2.75, 3.05) is 31.1 Å². The van der Waals surface area contributed by atoms with Crippen LogP contribution in [-0.2, 0) is 22.6 Å². The number of anilines is 1. The number of aromatic nitrogens is 1. The van der Waals surface area contributed by atoms with Crippen molar-refractivity contribution in [3.8, 4) is 0 Å². The summed E-state index contributed by atoms with van der Waals surface area (Å²) < 4.78 is 6.00. The second kappa shape index (κ2) is 9.37. The first-order chi connectivity index (χ1) is 14.2. The Bertz CT molecular complexity index is 833. The molecule has 0 spiro atoms. The Labute approximate surface area is 174 Å². The second-order valence-corrected chi connectivity index (χ2v) is 8.25. The molecule has 0 unspecified atom stereocenters. The number of piperidine rings is 1. The highest BCUT2D eigenvalue weighted by Gasteiger charge is 2.25. The van der Waals surface area contributed by atoms with Crippen molar-refractivity contribution in [2.45, 2.75) is 38.4 Å². The van der Waals surface area contributed by atoms with Crippen molar-refractivity contribution < 1.29 is 14.3 Å². The summed E-state index contributed by atoms with van der Waals surface area (Å²) in [5, 5.41) is 5.37. The molecule has 3 heterocycles. The lowest BCUT2D eigenvalue weighted by atomic mass is 10.1. The van der Waals surface area contributed by atoms with Crippen LogP contribution >= 0.6 is 11.3 Å². The summed E-state index contributed by atoms with van der Waals surface area (Å²) in [5.74, 6) is 0.0893. The van der Waals surface area contributed by atoms with E-state index in [4.69, 9.17) is 4.74 Å². The highest BCUT2D eigenvalue weighted by Crippen LogP contribution is 2.23. The van der Waals surface area contributed by atoms with Gasteiger partial charge in [0.05, 0.1) is 24.8 Å². The Hall–Kier alpha value is -2.45. The van der Waals surface area contributed by atoms with E-state index in [0.29, 0.717) is 37.9 Å². The molecule has 1 aromatic heterocycles. The summed E-state index contributed by atoms with van der Waals surface area (Å²) in [4.78, 5) is 32.7. The zero-order valence-electron chi connectivity index (χ0n) is 16.4. The van der Waals surface area contributed by atoms with E-state index in [9.17, 15) is 9.59 Å². The molecule has 3 amide bonds. The predicted molar refractivity (Wildman–Crippen MR) is 112 cm³/mol. The van der Waals surface area contributed by atoms with Crippen LogP contribution in [0.25, 0.3) is 0 Å². The van der Waals surface area contributed by atoms with Gasteiger partial charge in [0, 0.05) is 31.6 Å². The van der Waals surface area contributed by atoms with Crippen LogP contribution in [0.4, 0.5) is 9.93 Å². The monoisotopic (exact) mass is 414 g/mol. The molecule has 1 N–H and O–H groups in total. The van der Waals surface area contributed by atoms with E-state index in [1.54, 1.807) is 4.90 Å². The van der Waals surface area contributed by atoms with Gasteiger partial charge in [0.1, 0.15) is 0 Å². The van der Waals surface area contributed by atoms with Crippen LogP contribution in [0.2, 0.25) is 0 Å². The van der Waals surface area contributed by atoms with E-state index in [0.717, 1.165) is 25.0 Å². The van der Waals surface area contributed by atoms with Crippen LogP contribution in [-0.4, -0.2) is 54.1 Å². The number of carbonyl (C=O) groups excluding carboxylic acids is 2. The van der Waals surface area contributed by atoms with Gasteiger partial charge in [-0.05, 0) is 24.8 Å². The number of urea groups is 1. The zero-order valence-corrected chi connectivity index (χ0v) is 17.2. The summed E-state index contributed by atoms with van der Waals surface area (Å²) in [7, 11) is 0. The Kier molecular flexibility index (Phi) is 6.41. The molecule has 2 aliphatic rings. The maximum Gasteiger partial charge on any atom is 0.323 e. The van der Waals surface area contributed by atoms with Crippen LogP contribution in [0.5, 0.6) is 0 Å². The molecule has 7 nitrogen and oxygen atoms in total. The number of likely N-dealkylation sites (tertiary alicyclic amines) is 1. The normalized spacial score (nSPS) is 18.0. The molecule has 4 rings (SSSR count). The minimum Gasteiger partial charge on any atom is -0.373 e. The lowest BCUT2D eigenvalue weighted by Crippen LogP contribution is -2.46. The number of benzene rings is 1. The molecule has 2 aliphatic heterocycles. The van der Waals surface area contributed by atoms with Gasteiger partial charge in [-0.3, -0.25) is 9.69 Å². The van der Waals surface area contributed by atoms with Crippen LogP contribution < -0.4 is 10.2 Å². The number of rotatable bonds is 6. The molecule has 29 heavy (non-hydrogen) atoms. The topological polar surface area (TPSA) is 74.8 Å².